The van der Waals surface area contributed by atoms with Crippen LogP contribution in [-0.4, -0.2) is 29.4 Å². The summed E-state index contributed by atoms with van der Waals surface area (Å²) in [6, 6.07) is 7.39. The molecule has 34 heavy (non-hydrogen) atoms. The number of rotatable bonds is 4. The molecule has 0 saturated heterocycles. The zero-order chi connectivity index (χ0) is 23.8. The van der Waals surface area contributed by atoms with Gasteiger partial charge in [0.2, 0.25) is 0 Å². The first-order valence-corrected chi connectivity index (χ1v) is 11.0. The number of aromatic hydroxyl groups is 1. The molecule has 4 aromatic rings. The van der Waals surface area contributed by atoms with Crippen molar-refractivity contribution in [3.8, 4) is 11.4 Å². The summed E-state index contributed by atoms with van der Waals surface area (Å²) in [5.41, 5.74) is 2.58. The smallest absolute Gasteiger partial charge is 0.194 e. The number of phenolic OH excluding ortho intramolecular Hbond substituents is 1. The zero-order valence-electron chi connectivity index (χ0n) is 18.4. The van der Waals surface area contributed by atoms with Crippen molar-refractivity contribution in [2.75, 3.05) is 0 Å². The lowest BCUT2D eigenvalue weighted by Gasteiger charge is -2.15. The summed E-state index contributed by atoms with van der Waals surface area (Å²) in [6.07, 6.45) is 9.40. The Morgan fingerprint density at radius 1 is 1.03 bits per heavy atom. The third-order valence-corrected chi connectivity index (χ3v) is 6.07. The topological polar surface area (TPSA) is 68.8 Å². The van der Waals surface area contributed by atoms with Gasteiger partial charge in [0, 0.05) is 18.7 Å². The maximum absolute atomic E-state index is 13.9. The summed E-state index contributed by atoms with van der Waals surface area (Å²) in [6.45, 7) is 2.54. The largest absolute Gasteiger partial charge is 0.506 e. The van der Waals surface area contributed by atoms with Crippen molar-refractivity contribution >= 4 is 12.2 Å². The number of benzene rings is 2. The van der Waals surface area contributed by atoms with Crippen molar-refractivity contribution in [2.45, 2.75) is 38.6 Å². The van der Waals surface area contributed by atoms with Crippen LogP contribution in [0.5, 0.6) is 5.75 Å². The number of imidazole rings is 1. The summed E-state index contributed by atoms with van der Waals surface area (Å²) in [5.74, 6) is -2.97. The summed E-state index contributed by atoms with van der Waals surface area (Å²) in [7, 11) is 0. The maximum atomic E-state index is 13.9. The Bertz CT molecular complexity index is 1370. The number of fused-ring (bicyclic) bond motifs is 1. The van der Waals surface area contributed by atoms with Gasteiger partial charge in [-0.1, -0.05) is 18.6 Å². The molecular weight excluding hydrogens is 443 g/mol. The van der Waals surface area contributed by atoms with Gasteiger partial charge in [0.15, 0.2) is 23.3 Å². The number of nitrogens with zero attached hydrogens (tertiary/aromatic N) is 5. The highest BCUT2D eigenvalue weighted by molar-refractivity contribution is 5.69. The molecule has 174 valence electrons. The highest BCUT2D eigenvalue weighted by atomic mass is 19.2. The fraction of sp³-hybridized carbons (Fsp3) is 0.240. The molecule has 2 aromatic heterocycles. The van der Waals surface area contributed by atoms with E-state index in [-0.39, 0.29) is 11.7 Å². The number of aromatic nitrogens is 5. The second-order valence-electron chi connectivity index (χ2n) is 8.42. The van der Waals surface area contributed by atoms with Crippen LogP contribution in [0.3, 0.4) is 0 Å². The van der Waals surface area contributed by atoms with Crippen LogP contribution >= 0.6 is 0 Å². The van der Waals surface area contributed by atoms with Gasteiger partial charge in [-0.3, -0.25) is 0 Å². The van der Waals surface area contributed by atoms with E-state index in [1.165, 1.54) is 0 Å². The first-order valence-electron chi connectivity index (χ1n) is 11.0. The molecule has 0 radical (unpaired) electrons. The van der Waals surface area contributed by atoms with Gasteiger partial charge in [0.25, 0.3) is 0 Å². The minimum atomic E-state index is -1.47. The van der Waals surface area contributed by atoms with Crippen LogP contribution in [0, 0.1) is 24.4 Å². The van der Waals surface area contributed by atoms with Crippen molar-refractivity contribution in [3.05, 3.63) is 88.8 Å². The second-order valence-corrected chi connectivity index (χ2v) is 8.42. The highest BCUT2D eigenvalue weighted by Crippen LogP contribution is 2.34. The molecule has 0 unspecified atom stereocenters. The highest BCUT2D eigenvalue weighted by Gasteiger charge is 2.26. The Kier molecular flexibility index (Phi) is 5.69. The average Bonchev–Trinajstić information content (AvgIpc) is 3.35. The summed E-state index contributed by atoms with van der Waals surface area (Å²) >= 11 is 0. The minimum Gasteiger partial charge on any atom is -0.506 e. The van der Waals surface area contributed by atoms with Crippen LogP contribution in [0.4, 0.5) is 13.2 Å². The van der Waals surface area contributed by atoms with Crippen LogP contribution in [0.1, 0.15) is 53.7 Å². The van der Waals surface area contributed by atoms with E-state index in [0.717, 1.165) is 36.2 Å². The standard InChI is InChI=1S/C25H22F3N5O/c1-15-13-32(14-29-15)21-7-5-16(10-22(21)34)6-8-23-30-31-25-18(4-2-3-9-33(23)25)17-11-19(26)24(28)20(27)12-17/h5-8,10-14,18,34H,2-4,9H2,1H3/b8-6+/t18-/m0/s1. The summed E-state index contributed by atoms with van der Waals surface area (Å²) in [5, 5.41) is 19.0. The van der Waals surface area contributed by atoms with Crippen LogP contribution in [-0.2, 0) is 6.54 Å². The van der Waals surface area contributed by atoms with Gasteiger partial charge in [-0.2, -0.15) is 0 Å². The Hall–Kier alpha value is -3.88. The van der Waals surface area contributed by atoms with Gasteiger partial charge in [-0.05, 0) is 61.2 Å². The SMILES string of the molecule is Cc1cn(-c2ccc(/C=C/c3nnc4n3CCCC[C@H]4c3cc(F)c(F)c(F)c3)cc2O)cn1. The van der Waals surface area contributed by atoms with E-state index in [4.69, 9.17) is 0 Å². The number of hydrogen-bond acceptors (Lipinski definition) is 4. The molecule has 0 amide bonds. The average molecular weight is 465 g/mol. The lowest BCUT2D eigenvalue weighted by atomic mass is 9.93. The van der Waals surface area contributed by atoms with Crippen LogP contribution in [0.15, 0.2) is 42.9 Å². The molecule has 1 aliphatic heterocycles. The fourth-order valence-electron chi connectivity index (χ4n) is 4.36. The lowest BCUT2D eigenvalue weighted by molar-refractivity contribution is 0.443. The number of hydrogen-bond donors (Lipinski definition) is 1. The predicted octanol–water partition coefficient (Wildman–Crippen LogP) is 5.38. The minimum absolute atomic E-state index is 0.111. The Morgan fingerprint density at radius 3 is 2.53 bits per heavy atom. The second kappa shape index (κ2) is 8.81. The fourth-order valence-corrected chi connectivity index (χ4v) is 4.36. The third-order valence-electron chi connectivity index (χ3n) is 6.07. The van der Waals surface area contributed by atoms with E-state index < -0.39 is 17.5 Å². The first kappa shape index (κ1) is 21.9. The Balaban J connectivity index is 1.44. The van der Waals surface area contributed by atoms with Crippen molar-refractivity contribution in [1.29, 1.82) is 0 Å². The molecular formula is C25H22F3N5O. The quantitative estimate of drug-likeness (QED) is 0.411. The van der Waals surface area contributed by atoms with Crippen LogP contribution in [0.25, 0.3) is 17.8 Å². The van der Waals surface area contributed by atoms with Gasteiger partial charge >= 0.3 is 0 Å². The summed E-state index contributed by atoms with van der Waals surface area (Å²) in [4.78, 5) is 4.18. The number of halogens is 3. The van der Waals surface area contributed by atoms with Gasteiger partial charge in [-0.25, -0.2) is 18.2 Å². The van der Waals surface area contributed by atoms with Gasteiger partial charge in [0.05, 0.1) is 17.7 Å². The first-order chi connectivity index (χ1) is 16.4. The maximum Gasteiger partial charge on any atom is 0.194 e. The molecule has 1 aliphatic rings. The van der Waals surface area contributed by atoms with Crippen molar-refractivity contribution < 1.29 is 18.3 Å². The molecule has 1 atom stereocenters. The van der Waals surface area contributed by atoms with E-state index in [9.17, 15) is 18.3 Å². The molecule has 9 heteroatoms. The van der Waals surface area contributed by atoms with Gasteiger partial charge in [0.1, 0.15) is 11.6 Å². The monoisotopic (exact) mass is 465 g/mol. The van der Waals surface area contributed by atoms with E-state index in [0.29, 0.717) is 35.9 Å². The number of aryl methyl sites for hydroxylation is 1. The van der Waals surface area contributed by atoms with E-state index >= 15 is 0 Å². The van der Waals surface area contributed by atoms with Gasteiger partial charge < -0.3 is 14.2 Å². The van der Waals surface area contributed by atoms with Gasteiger partial charge in [-0.15, -0.1) is 10.2 Å². The molecule has 3 heterocycles. The molecule has 0 aliphatic carbocycles. The Labute approximate surface area is 194 Å². The normalized spacial score (nSPS) is 16.1. The molecule has 6 nitrogen and oxygen atoms in total. The molecule has 0 saturated carbocycles. The lowest BCUT2D eigenvalue weighted by Crippen LogP contribution is -2.10. The zero-order valence-corrected chi connectivity index (χ0v) is 18.4. The molecule has 5 rings (SSSR count). The summed E-state index contributed by atoms with van der Waals surface area (Å²) < 4.78 is 44.9. The molecule has 0 fully saturated rings. The van der Waals surface area contributed by atoms with Crippen molar-refractivity contribution in [2.24, 2.45) is 0 Å². The van der Waals surface area contributed by atoms with E-state index in [2.05, 4.69) is 15.2 Å². The predicted molar refractivity (Wildman–Crippen MR) is 121 cm³/mol. The van der Waals surface area contributed by atoms with Crippen LogP contribution < -0.4 is 0 Å². The molecule has 1 N–H and O–H groups in total. The molecule has 0 spiro atoms. The molecule has 0 bridgehead atoms. The van der Waals surface area contributed by atoms with Crippen molar-refractivity contribution in [1.82, 2.24) is 24.3 Å². The van der Waals surface area contributed by atoms with E-state index in [1.807, 2.05) is 29.8 Å². The van der Waals surface area contributed by atoms with E-state index in [1.54, 1.807) is 29.1 Å². The van der Waals surface area contributed by atoms with Crippen molar-refractivity contribution in [3.63, 3.8) is 0 Å². The molecule has 2 aromatic carbocycles. The number of phenols is 1. The Morgan fingerprint density at radius 2 is 1.82 bits per heavy atom. The third kappa shape index (κ3) is 4.09. The van der Waals surface area contributed by atoms with Crippen LogP contribution in [0.2, 0.25) is 0 Å².